The van der Waals surface area contributed by atoms with Crippen LogP contribution in [0.2, 0.25) is 10.0 Å². The Labute approximate surface area is 169 Å². The van der Waals surface area contributed by atoms with Crippen LogP contribution in [-0.4, -0.2) is 18.5 Å². The van der Waals surface area contributed by atoms with Crippen molar-refractivity contribution in [2.75, 3.05) is 6.61 Å². The van der Waals surface area contributed by atoms with Gasteiger partial charge in [-0.25, -0.2) is 9.59 Å². The van der Waals surface area contributed by atoms with Crippen LogP contribution in [0, 0.1) is 0 Å². The van der Waals surface area contributed by atoms with E-state index in [-0.39, 0.29) is 21.9 Å². The van der Waals surface area contributed by atoms with Crippen LogP contribution >= 0.6 is 23.2 Å². The minimum atomic E-state index is -0.699. The number of carbonyl (C=O) groups excluding carboxylic acids is 2. The van der Waals surface area contributed by atoms with Gasteiger partial charge in [0.15, 0.2) is 5.75 Å². The number of carbonyl (C=O) groups is 2. The third-order valence-electron chi connectivity index (χ3n) is 3.94. The lowest BCUT2D eigenvalue weighted by Crippen LogP contribution is -2.16. The molecule has 6 heteroatoms. The number of hydrogen-bond acceptors (Lipinski definition) is 4. The second-order valence-corrected chi connectivity index (χ2v) is 6.90. The zero-order chi connectivity index (χ0) is 19.6. The van der Waals surface area contributed by atoms with Gasteiger partial charge in [0.1, 0.15) is 0 Å². The standard InChI is InChI=1S/C21H22Cl2O4/c1-2-3-4-5-8-13-26-20(24)16-9-6-7-10-17(16)21(25)27-19-14-15(22)11-12-18(19)23/h6-7,9-12,14H,2-5,8,13H2,1H3. The second kappa shape index (κ2) is 11.0. The van der Waals surface area contributed by atoms with E-state index in [2.05, 4.69) is 6.92 Å². The van der Waals surface area contributed by atoms with E-state index in [1.165, 1.54) is 30.7 Å². The average Bonchev–Trinajstić information content (AvgIpc) is 2.67. The lowest BCUT2D eigenvalue weighted by Gasteiger charge is -2.10. The first-order chi connectivity index (χ1) is 13.0. The second-order valence-electron chi connectivity index (χ2n) is 6.06. The summed E-state index contributed by atoms with van der Waals surface area (Å²) in [5.74, 6) is -1.11. The molecule has 0 saturated heterocycles. The molecule has 0 amide bonds. The largest absolute Gasteiger partial charge is 0.462 e. The molecule has 0 fully saturated rings. The monoisotopic (exact) mass is 408 g/mol. The molecule has 0 N–H and O–H groups in total. The molecular weight excluding hydrogens is 387 g/mol. The van der Waals surface area contributed by atoms with Crippen molar-refractivity contribution >= 4 is 35.1 Å². The van der Waals surface area contributed by atoms with E-state index in [9.17, 15) is 9.59 Å². The Balaban J connectivity index is 2.02. The van der Waals surface area contributed by atoms with Crippen LogP contribution in [0.3, 0.4) is 0 Å². The lowest BCUT2D eigenvalue weighted by atomic mass is 10.1. The van der Waals surface area contributed by atoms with Crippen LogP contribution in [0.25, 0.3) is 0 Å². The van der Waals surface area contributed by atoms with E-state index in [4.69, 9.17) is 32.7 Å². The molecule has 2 aromatic rings. The summed E-state index contributed by atoms with van der Waals surface area (Å²) in [6.07, 6.45) is 5.27. The minimum Gasteiger partial charge on any atom is -0.462 e. The van der Waals surface area contributed by atoms with E-state index >= 15 is 0 Å². The smallest absolute Gasteiger partial charge is 0.344 e. The lowest BCUT2D eigenvalue weighted by molar-refractivity contribution is 0.0489. The maximum absolute atomic E-state index is 12.5. The van der Waals surface area contributed by atoms with E-state index in [1.54, 1.807) is 18.2 Å². The number of hydrogen-bond donors (Lipinski definition) is 0. The van der Waals surface area contributed by atoms with Crippen LogP contribution in [0.15, 0.2) is 42.5 Å². The van der Waals surface area contributed by atoms with Gasteiger partial charge in [-0.05, 0) is 30.7 Å². The molecule has 0 heterocycles. The highest BCUT2D eigenvalue weighted by Crippen LogP contribution is 2.28. The van der Waals surface area contributed by atoms with Gasteiger partial charge < -0.3 is 9.47 Å². The molecule has 2 aromatic carbocycles. The fourth-order valence-electron chi connectivity index (χ4n) is 2.50. The normalized spacial score (nSPS) is 10.5. The Morgan fingerprint density at radius 2 is 1.56 bits per heavy atom. The van der Waals surface area contributed by atoms with E-state index < -0.39 is 11.9 Å². The molecule has 0 atom stereocenters. The molecule has 0 radical (unpaired) electrons. The Morgan fingerprint density at radius 1 is 0.889 bits per heavy atom. The van der Waals surface area contributed by atoms with Gasteiger partial charge >= 0.3 is 11.9 Å². The number of rotatable bonds is 9. The molecule has 0 unspecified atom stereocenters. The summed E-state index contributed by atoms with van der Waals surface area (Å²) >= 11 is 11.9. The van der Waals surface area contributed by atoms with Gasteiger partial charge in [0, 0.05) is 11.1 Å². The molecular formula is C21H22Cl2O4. The average molecular weight is 409 g/mol. The first-order valence-corrected chi connectivity index (χ1v) is 9.72. The minimum absolute atomic E-state index is 0.115. The molecule has 0 saturated carbocycles. The van der Waals surface area contributed by atoms with Crippen molar-refractivity contribution < 1.29 is 19.1 Å². The number of halogens is 2. The molecule has 2 rings (SSSR count). The molecule has 0 bridgehead atoms. The van der Waals surface area contributed by atoms with Crippen molar-refractivity contribution in [3.8, 4) is 5.75 Å². The van der Waals surface area contributed by atoms with Crippen LogP contribution < -0.4 is 4.74 Å². The maximum atomic E-state index is 12.5. The molecule has 0 spiro atoms. The predicted octanol–water partition coefficient (Wildman–Crippen LogP) is 6.34. The fraction of sp³-hybridized carbons (Fsp3) is 0.333. The van der Waals surface area contributed by atoms with Crippen LogP contribution in [0.1, 0.15) is 59.7 Å². The van der Waals surface area contributed by atoms with Crippen LogP contribution in [-0.2, 0) is 4.74 Å². The van der Waals surface area contributed by atoms with E-state index in [1.807, 2.05) is 0 Å². The third kappa shape index (κ3) is 6.56. The highest BCUT2D eigenvalue weighted by Gasteiger charge is 2.20. The summed E-state index contributed by atoms with van der Waals surface area (Å²) in [7, 11) is 0. The zero-order valence-corrected chi connectivity index (χ0v) is 16.7. The van der Waals surface area contributed by atoms with E-state index in [0.717, 1.165) is 25.7 Å². The SMILES string of the molecule is CCCCCCCOC(=O)c1ccccc1C(=O)Oc1cc(Cl)ccc1Cl. The van der Waals surface area contributed by atoms with Crippen molar-refractivity contribution in [3.63, 3.8) is 0 Å². The topological polar surface area (TPSA) is 52.6 Å². The summed E-state index contributed by atoms with van der Waals surface area (Å²) in [5.41, 5.74) is 0.277. The van der Waals surface area contributed by atoms with Gasteiger partial charge in [0.2, 0.25) is 0 Å². The van der Waals surface area contributed by atoms with Crippen molar-refractivity contribution in [2.45, 2.75) is 39.0 Å². The molecule has 144 valence electrons. The van der Waals surface area contributed by atoms with Gasteiger partial charge in [-0.2, -0.15) is 0 Å². The summed E-state index contributed by atoms with van der Waals surface area (Å²) in [5, 5.41) is 0.637. The van der Waals surface area contributed by atoms with Gasteiger partial charge in [-0.15, -0.1) is 0 Å². The van der Waals surface area contributed by atoms with Crippen molar-refractivity contribution in [1.29, 1.82) is 0 Å². The van der Waals surface area contributed by atoms with Crippen molar-refractivity contribution in [2.24, 2.45) is 0 Å². The molecule has 0 aliphatic carbocycles. The third-order valence-corrected chi connectivity index (χ3v) is 4.49. The molecule has 0 aliphatic rings. The first kappa shape index (κ1) is 21.3. The maximum Gasteiger partial charge on any atom is 0.344 e. The predicted molar refractivity (Wildman–Crippen MR) is 107 cm³/mol. The Morgan fingerprint density at radius 3 is 2.26 bits per heavy atom. The Hall–Kier alpha value is -2.04. The number of ether oxygens (including phenoxy) is 2. The highest BCUT2D eigenvalue weighted by atomic mass is 35.5. The zero-order valence-electron chi connectivity index (χ0n) is 15.2. The summed E-state index contributed by atoms with van der Waals surface area (Å²) < 4.78 is 10.6. The number of benzene rings is 2. The Bertz CT molecular complexity index is 790. The summed E-state index contributed by atoms with van der Waals surface area (Å²) in [4.78, 5) is 24.9. The van der Waals surface area contributed by atoms with Gasteiger partial charge in [0.05, 0.1) is 22.8 Å². The molecule has 27 heavy (non-hydrogen) atoms. The molecule has 0 aromatic heterocycles. The van der Waals surface area contributed by atoms with Crippen molar-refractivity contribution in [3.05, 3.63) is 63.6 Å². The summed E-state index contributed by atoms with van der Waals surface area (Å²) in [6, 6.07) is 10.9. The fourth-order valence-corrected chi connectivity index (χ4v) is 2.82. The van der Waals surface area contributed by atoms with Gasteiger partial charge in [0.25, 0.3) is 0 Å². The molecule has 4 nitrogen and oxygen atoms in total. The van der Waals surface area contributed by atoms with Crippen molar-refractivity contribution in [1.82, 2.24) is 0 Å². The Kier molecular flexibility index (Phi) is 8.62. The van der Waals surface area contributed by atoms with E-state index in [0.29, 0.717) is 11.6 Å². The highest BCUT2D eigenvalue weighted by molar-refractivity contribution is 6.34. The first-order valence-electron chi connectivity index (χ1n) is 8.96. The van der Waals surface area contributed by atoms with Gasteiger partial charge in [-0.1, -0.05) is 67.9 Å². The number of esters is 2. The number of unbranched alkanes of at least 4 members (excludes halogenated alkanes) is 4. The summed E-state index contributed by atoms with van der Waals surface area (Å²) in [6.45, 7) is 2.47. The molecule has 0 aliphatic heterocycles. The van der Waals surface area contributed by atoms with Crippen LogP contribution in [0.4, 0.5) is 0 Å². The van der Waals surface area contributed by atoms with Gasteiger partial charge in [-0.3, -0.25) is 0 Å². The quantitative estimate of drug-likeness (QED) is 0.276. The van der Waals surface area contributed by atoms with Crippen LogP contribution in [0.5, 0.6) is 5.75 Å².